The van der Waals surface area contributed by atoms with Crippen molar-refractivity contribution in [3.8, 4) is 0 Å². The monoisotopic (exact) mass is 267 g/mol. The van der Waals surface area contributed by atoms with Crippen LogP contribution < -0.4 is 5.32 Å². The number of hydrogen-bond donors (Lipinski definition) is 1. The van der Waals surface area contributed by atoms with Crippen molar-refractivity contribution < 1.29 is 0 Å². The number of nitrogens with one attached hydrogen (secondary N) is 1. The lowest BCUT2D eigenvalue weighted by Gasteiger charge is -2.35. The molecule has 1 N–H and O–H groups in total. The molecule has 0 radical (unpaired) electrons. The SMILES string of the molecule is CC1(Cc2ccc(Br)cc2)CCCCN1. The van der Waals surface area contributed by atoms with E-state index in [2.05, 4.69) is 52.4 Å². The first kappa shape index (κ1) is 11.2. The second kappa shape index (κ2) is 4.67. The van der Waals surface area contributed by atoms with Crippen molar-refractivity contribution in [1.29, 1.82) is 0 Å². The summed E-state index contributed by atoms with van der Waals surface area (Å²) in [7, 11) is 0. The lowest BCUT2D eigenvalue weighted by atomic mass is 9.85. The largest absolute Gasteiger partial charge is 0.311 e. The van der Waals surface area contributed by atoms with Gasteiger partial charge in [0.25, 0.3) is 0 Å². The minimum atomic E-state index is 0.312. The fourth-order valence-corrected chi connectivity index (χ4v) is 2.59. The van der Waals surface area contributed by atoms with Crippen LogP contribution in [0, 0.1) is 0 Å². The highest BCUT2D eigenvalue weighted by atomic mass is 79.9. The van der Waals surface area contributed by atoms with Gasteiger partial charge in [-0.15, -0.1) is 0 Å². The summed E-state index contributed by atoms with van der Waals surface area (Å²) >= 11 is 3.47. The second-order valence-corrected chi connectivity index (χ2v) is 5.66. The van der Waals surface area contributed by atoms with Gasteiger partial charge in [-0.05, 0) is 50.4 Å². The maximum absolute atomic E-state index is 3.65. The molecule has 1 atom stereocenters. The van der Waals surface area contributed by atoms with E-state index in [0.29, 0.717) is 5.54 Å². The molecular weight excluding hydrogens is 250 g/mol. The molecule has 1 heterocycles. The van der Waals surface area contributed by atoms with E-state index in [1.165, 1.54) is 31.4 Å². The molecule has 0 spiro atoms. The standard InChI is InChI=1S/C13H18BrN/c1-13(8-2-3-9-15-13)10-11-4-6-12(14)7-5-11/h4-7,15H,2-3,8-10H2,1H3. The van der Waals surface area contributed by atoms with E-state index in [4.69, 9.17) is 0 Å². The van der Waals surface area contributed by atoms with E-state index in [1.54, 1.807) is 0 Å². The summed E-state index contributed by atoms with van der Waals surface area (Å²) in [6, 6.07) is 8.68. The highest BCUT2D eigenvalue weighted by molar-refractivity contribution is 9.10. The fraction of sp³-hybridized carbons (Fsp3) is 0.538. The Hall–Kier alpha value is -0.340. The van der Waals surface area contributed by atoms with Crippen molar-refractivity contribution in [2.45, 2.75) is 38.1 Å². The normalized spacial score (nSPS) is 26.5. The number of hydrogen-bond acceptors (Lipinski definition) is 1. The van der Waals surface area contributed by atoms with Crippen LogP contribution in [0.15, 0.2) is 28.7 Å². The number of piperidine rings is 1. The third-order valence-electron chi connectivity index (χ3n) is 3.21. The molecule has 1 aromatic carbocycles. The summed E-state index contributed by atoms with van der Waals surface area (Å²) in [6.45, 7) is 3.52. The molecule has 0 aliphatic carbocycles. The molecule has 1 unspecified atom stereocenters. The van der Waals surface area contributed by atoms with Gasteiger partial charge in [0, 0.05) is 10.0 Å². The van der Waals surface area contributed by atoms with Crippen molar-refractivity contribution in [2.75, 3.05) is 6.54 Å². The highest BCUT2D eigenvalue weighted by Crippen LogP contribution is 2.23. The summed E-state index contributed by atoms with van der Waals surface area (Å²) in [6.07, 6.45) is 5.12. The molecule has 1 aliphatic rings. The molecule has 0 saturated carbocycles. The van der Waals surface area contributed by atoms with E-state index < -0.39 is 0 Å². The minimum Gasteiger partial charge on any atom is -0.311 e. The Kier molecular flexibility index (Phi) is 3.47. The predicted octanol–water partition coefficient (Wildman–Crippen LogP) is 3.52. The third-order valence-corrected chi connectivity index (χ3v) is 3.74. The first-order valence-corrected chi connectivity index (χ1v) is 6.47. The van der Waals surface area contributed by atoms with Gasteiger partial charge in [0.05, 0.1) is 0 Å². The van der Waals surface area contributed by atoms with Crippen LogP contribution >= 0.6 is 15.9 Å². The Balaban J connectivity index is 2.03. The first-order valence-electron chi connectivity index (χ1n) is 5.67. The molecule has 0 amide bonds. The van der Waals surface area contributed by atoms with Crippen molar-refractivity contribution >= 4 is 15.9 Å². The zero-order valence-corrected chi connectivity index (χ0v) is 10.8. The molecule has 1 aromatic rings. The van der Waals surface area contributed by atoms with Crippen LogP contribution in [-0.2, 0) is 6.42 Å². The van der Waals surface area contributed by atoms with Gasteiger partial charge in [-0.25, -0.2) is 0 Å². The van der Waals surface area contributed by atoms with E-state index >= 15 is 0 Å². The molecule has 82 valence electrons. The van der Waals surface area contributed by atoms with Crippen molar-refractivity contribution in [1.82, 2.24) is 5.32 Å². The third kappa shape index (κ3) is 3.05. The molecule has 1 aliphatic heterocycles. The molecule has 15 heavy (non-hydrogen) atoms. The van der Waals surface area contributed by atoms with Gasteiger partial charge >= 0.3 is 0 Å². The summed E-state index contributed by atoms with van der Waals surface area (Å²) in [5.74, 6) is 0. The number of benzene rings is 1. The van der Waals surface area contributed by atoms with Crippen LogP contribution in [0.25, 0.3) is 0 Å². The van der Waals surface area contributed by atoms with Gasteiger partial charge in [-0.3, -0.25) is 0 Å². The van der Waals surface area contributed by atoms with Crippen LogP contribution in [0.2, 0.25) is 0 Å². The molecule has 0 bridgehead atoms. The Bertz CT molecular complexity index is 312. The van der Waals surface area contributed by atoms with Crippen molar-refractivity contribution in [3.05, 3.63) is 34.3 Å². The summed E-state index contributed by atoms with van der Waals surface area (Å²) in [5.41, 5.74) is 1.74. The summed E-state index contributed by atoms with van der Waals surface area (Å²) < 4.78 is 1.16. The van der Waals surface area contributed by atoms with E-state index in [-0.39, 0.29) is 0 Å². The molecular formula is C13H18BrN. The lowest BCUT2D eigenvalue weighted by molar-refractivity contribution is 0.276. The summed E-state index contributed by atoms with van der Waals surface area (Å²) in [5, 5.41) is 3.65. The van der Waals surface area contributed by atoms with E-state index in [9.17, 15) is 0 Å². The van der Waals surface area contributed by atoms with Crippen LogP contribution in [0.1, 0.15) is 31.7 Å². The molecule has 2 rings (SSSR count). The van der Waals surface area contributed by atoms with Crippen molar-refractivity contribution in [3.63, 3.8) is 0 Å². The molecule has 0 aromatic heterocycles. The predicted molar refractivity (Wildman–Crippen MR) is 68.1 cm³/mol. The first-order chi connectivity index (χ1) is 7.18. The van der Waals surface area contributed by atoms with Gasteiger partial charge in [-0.1, -0.05) is 34.5 Å². The highest BCUT2D eigenvalue weighted by Gasteiger charge is 2.25. The average Bonchev–Trinajstić information content (AvgIpc) is 2.22. The number of rotatable bonds is 2. The van der Waals surface area contributed by atoms with Crippen LogP contribution in [-0.4, -0.2) is 12.1 Å². The fourth-order valence-electron chi connectivity index (χ4n) is 2.32. The van der Waals surface area contributed by atoms with E-state index in [0.717, 1.165) is 10.9 Å². The maximum Gasteiger partial charge on any atom is 0.0193 e. The van der Waals surface area contributed by atoms with Crippen LogP contribution in [0.5, 0.6) is 0 Å². The van der Waals surface area contributed by atoms with Gasteiger partial charge in [0.2, 0.25) is 0 Å². The molecule has 1 nitrogen and oxygen atoms in total. The maximum atomic E-state index is 3.65. The average molecular weight is 268 g/mol. The Morgan fingerprint density at radius 2 is 2.00 bits per heavy atom. The zero-order chi connectivity index (χ0) is 10.7. The smallest absolute Gasteiger partial charge is 0.0193 e. The molecule has 1 fully saturated rings. The Labute approximate surface area is 100 Å². The topological polar surface area (TPSA) is 12.0 Å². The van der Waals surface area contributed by atoms with Gasteiger partial charge < -0.3 is 5.32 Å². The Morgan fingerprint density at radius 3 is 2.60 bits per heavy atom. The number of halogens is 1. The van der Waals surface area contributed by atoms with Gasteiger partial charge in [0.1, 0.15) is 0 Å². The minimum absolute atomic E-state index is 0.312. The van der Waals surface area contributed by atoms with Gasteiger partial charge in [0.15, 0.2) is 0 Å². The van der Waals surface area contributed by atoms with E-state index in [1.807, 2.05) is 0 Å². The second-order valence-electron chi connectivity index (χ2n) is 4.75. The molecule has 1 saturated heterocycles. The van der Waals surface area contributed by atoms with Gasteiger partial charge in [-0.2, -0.15) is 0 Å². The molecule has 2 heteroatoms. The van der Waals surface area contributed by atoms with Crippen molar-refractivity contribution in [2.24, 2.45) is 0 Å². The zero-order valence-electron chi connectivity index (χ0n) is 9.22. The quantitative estimate of drug-likeness (QED) is 0.865. The lowest BCUT2D eigenvalue weighted by Crippen LogP contribution is -2.47. The van der Waals surface area contributed by atoms with Crippen LogP contribution in [0.4, 0.5) is 0 Å². The van der Waals surface area contributed by atoms with Crippen LogP contribution in [0.3, 0.4) is 0 Å². The summed E-state index contributed by atoms with van der Waals surface area (Å²) in [4.78, 5) is 0. The Morgan fingerprint density at radius 1 is 1.27 bits per heavy atom.